The quantitative estimate of drug-likeness (QED) is 0.894. The first kappa shape index (κ1) is 14.9. The molecular weight excluding hydrogens is 271 g/mol. The van der Waals surface area contributed by atoms with E-state index in [0.29, 0.717) is 19.1 Å². The zero-order valence-corrected chi connectivity index (χ0v) is 11.4. The molecule has 0 aliphatic carbocycles. The SMILES string of the molecule is CNc1cc(C(F)(F)F)cc(NC(C)C2CCOC2)n1. The molecule has 20 heavy (non-hydrogen) atoms. The molecule has 2 N–H and O–H groups in total. The molecule has 1 fully saturated rings. The monoisotopic (exact) mass is 289 g/mol. The van der Waals surface area contributed by atoms with Crippen molar-refractivity contribution in [2.75, 3.05) is 30.9 Å². The van der Waals surface area contributed by atoms with Crippen LogP contribution >= 0.6 is 0 Å². The molecule has 1 saturated heterocycles. The molecule has 1 aromatic heterocycles. The third kappa shape index (κ3) is 3.53. The molecule has 2 unspecified atom stereocenters. The van der Waals surface area contributed by atoms with Crippen molar-refractivity contribution < 1.29 is 17.9 Å². The maximum absolute atomic E-state index is 12.8. The van der Waals surface area contributed by atoms with Crippen LogP contribution in [0.2, 0.25) is 0 Å². The molecule has 1 aliphatic heterocycles. The highest BCUT2D eigenvalue weighted by atomic mass is 19.4. The van der Waals surface area contributed by atoms with Crippen molar-refractivity contribution in [3.63, 3.8) is 0 Å². The van der Waals surface area contributed by atoms with Crippen molar-refractivity contribution in [1.82, 2.24) is 4.98 Å². The number of nitrogens with one attached hydrogen (secondary N) is 2. The molecule has 2 atom stereocenters. The van der Waals surface area contributed by atoms with Crippen molar-refractivity contribution >= 4 is 11.6 Å². The molecule has 1 aromatic rings. The van der Waals surface area contributed by atoms with Crippen molar-refractivity contribution in [2.24, 2.45) is 5.92 Å². The Hall–Kier alpha value is -1.50. The lowest BCUT2D eigenvalue weighted by atomic mass is 10.0. The van der Waals surface area contributed by atoms with E-state index in [0.717, 1.165) is 18.6 Å². The molecule has 0 saturated carbocycles. The third-order valence-corrected chi connectivity index (χ3v) is 3.46. The van der Waals surface area contributed by atoms with Gasteiger partial charge in [0.1, 0.15) is 11.6 Å². The molecule has 2 rings (SSSR count). The average molecular weight is 289 g/mol. The van der Waals surface area contributed by atoms with Crippen LogP contribution in [0.15, 0.2) is 12.1 Å². The molecule has 0 spiro atoms. The van der Waals surface area contributed by atoms with Gasteiger partial charge in [0.2, 0.25) is 0 Å². The van der Waals surface area contributed by atoms with Crippen LogP contribution in [0.25, 0.3) is 0 Å². The minimum Gasteiger partial charge on any atom is -0.381 e. The summed E-state index contributed by atoms with van der Waals surface area (Å²) >= 11 is 0. The van der Waals surface area contributed by atoms with E-state index in [9.17, 15) is 13.2 Å². The Balaban J connectivity index is 2.17. The van der Waals surface area contributed by atoms with Gasteiger partial charge in [0.15, 0.2) is 0 Å². The first-order valence-electron chi connectivity index (χ1n) is 6.51. The summed E-state index contributed by atoms with van der Waals surface area (Å²) in [4.78, 5) is 4.11. The fraction of sp³-hybridized carbons (Fsp3) is 0.615. The van der Waals surface area contributed by atoms with Crippen LogP contribution in [0, 0.1) is 5.92 Å². The zero-order valence-electron chi connectivity index (χ0n) is 11.4. The Morgan fingerprint density at radius 3 is 2.60 bits per heavy atom. The third-order valence-electron chi connectivity index (χ3n) is 3.46. The predicted octanol–water partition coefficient (Wildman–Crippen LogP) is 2.98. The van der Waals surface area contributed by atoms with E-state index < -0.39 is 11.7 Å². The molecule has 0 aromatic carbocycles. The second-order valence-corrected chi connectivity index (χ2v) is 4.93. The number of hydrogen-bond acceptors (Lipinski definition) is 4. The number of ether oxygens (including phenoxy) is 1. The summed E-state index contributed by atoms with van der Waals surface area (Å²) in [5, 5.41) is 5.69. The molecule has 0 radical (unpaired) electrons. The van der Waals surface area contributed by atoms with Crippen molar-refractivity contribution in [3.05, 3.63) is 17.7 Å². The summed E-state index contributed by atoms with van der Waals surface area (Å²) in [6, 6.07) is 2.04. The highest BCUT2D eigenvalue weighted by molar-refractivity contribution is 5.50. The van der Waals surface area contributed by atoms with E-state index >= 15 is 0 Å². The van der Waals surface area contributed by atoms with Gasteiger partial charge in [-0.3, -0.25) is 0 Å². The Labute approximate surface area is 115 Å². The zero-order chi connectivity index (χ0) is 14.8. The van der Waals surface area contributed by atoms with Gasteiger partial charge in [-0.05, 0) is 25.5 Å². The Morgan fingerprint density at radius 2 is 2.05 bits per heavy atom. The van der Waals surface area contributed by atoms with Crippen LogP contribution < -0.4 is 10.6 Å². The molecule has 2 heterocycles. The lowest BCUT2D eigenvalue weighted by molar-refractivity contribution is -0.137. The van der Waals surface area contributed by atoms with E-state index in [4.69, 9.17) is 4.74 Å². The number of rotatable bonds is 4. The van der Waals surface area contributed by atoms with Crippen LogP contribution in [-0.4, -0.2) is 31.3 Å². The molecular formula is C13H18F3N3O. The number of aromatic nitrogens is 1. The standard InChI is InChI=1S/C13H18F3N3O/c1-8(9-3-4-20-7-9)18-12-6-10(13(14,15)16)5-11(17-2)19-12/h5-6,8-9H,3-4,7H2,1-2H3,(H2,17,18,19). The van der Waals surface area contributed by atoms with Gasteiger partial charge in [0, 0.05) is 25.6 Å². The number of hydrogen-bond donors (Lipinski definition) is 2. The van der Waals surface area contributed by atoms with Gasteiger partial charge in [-0.2, -0.15) is 13.2 Å². The van der Waals surface area contributed by atoms with E-state index in [1.165, 1.54) is 0 Å². The predicted molar refractivity (Wildman–Crippen MR) is 70.8 cm³/mol. The van der Waals surface area contributed by atoms with Gasteiger partial charge in [-0.15, -0.1) is 0 Å². The van der Waals surface area contributed by atoms with Gasteiger partial charge in [-0.1, -0.05) is 0 Å². The summed E-state index contributed by atoms with van der Waals surface area (Å²) in [5.74, 6) is 0.713. The van der Waals surface area contributed by atoms with Crippen LogP contribution in [0.1, 0.15) is 18.9 Å². The topological polar surface area (TPSA) is 46.2 Å². The minimum absolute atomic E-state index is 0.0122. The number of halogens is 3. The maximum Gasteiger partial charge on any atom is 0.416 e. The molecule has 1 aliphatic rings. The fourth-order valence-corrected chi connectivity index (χ4v) is 2.19. The van der Waals surface area contributed by atoms with Crippen molar-refractivity contribution in [3.8, 4) is 0 Å². The second kappa shape index (κ2) is 5.87. The Kier molecular flexibility index (Phi) is 4.37. The van der Waals surface area contributed by atoms with Crippen LogP contribution in [0.5, 0.6) is 0 Å². The highest BCUT2D eigenvalue weighted by Crippen LogP contribution is 2.32. The molecule has 0 amide bonds. The van der Waals surface area contributed by atoms with Gasteiger partial charge in [0.25, 0.3) is 0 Å². The molecule has 4 nitrogen and oxygen atoms in total. The first-order valence-corrected chi connectivity index (χ1v) is 6.51. The summed E-state index contributed by atoms with van der Waals surface area (Å²) < 4.78 is 43.7. The van der Waals surface area contributed by atoms with Crippen LogP contribution in [-0.2, 0) is 10.9 Å². The summed E-state index contributed by atoms with van der Waals surface area (Å²) in [7, 11) is 1.54. The van der Waals surface area contributed by atoms with Gasteiger partial charge < -0.3 is 15.4 Å². The summed E-state index contributed by atoms with van der Waals surface area (Å²) in [5.41, 5.74) is -0.714. The molecule has 0 bridgehead atoms. The smallest absolute Gasteiger partial charge is 0.381 e. The normalized spacial score (nSPS) is 20.8. The van der Waals surface area contributed by atoms with Crippen LogP contribution in [0.4, 0.5) is 24.8 Å². The summed E-state index contributed by atoms with van der Waals surface area (Å²) in [6.45, 7) is 3.26. The van der Waals surface area contributed by atoms with E-state index in [1.54, 1.807) is 7.05 Å². The fourth-order valence-electron chi connectivity index (χ4n) is 2.19. The maximum atomic E-state index is 12.8. The van der Waals surface area contributed by atoms with Gasteiger partial charge in [-0.25, -0.2) is 4.98 Å². The second-order valence-electron chi connectivity index (χ2n) is 4.93. The Bertz CT molecular complexity index is 459. The number of pyridine rings is 1. The van der Waals surface area contributed by atoms with E-state index in [1.807, 2.05) is 6.92 Å². The lowest BCUT2D eigenvalue weighted by Crippen LogP contribution is -2.27. The van der Waals surface area contributed by atoms with E-state index in [-0.39, 0.29) is 17.7 Å². The van der Waals surface area contributed by atoms with Crippen molar-refractivity contribution in [1.29, 1.82) is 0 Å². The summed E-state index contributed by atoms with van der Waals surface area (Å²) in [6.07, 6.45) is -3.48. The molecule has 112 valence electrons. The molecule has 7 heteroatoms. The van der Waals surface area contributed by atoms with Crippen molar-refractivity contribution in [2.45, 2.75) is 25.6 Å². The van der Waals surface area contributed by atoms with Gasteiger partial charge in [0.05, 0.1) is 12.2 Å². The Morgan fingerprint density at radius 1 is 1.35 bits per heavy atom. The first-order chi connectivity index (χ1) is 9.40. The van der Waals surface area contributed by atoms with E-state index in [2.05, 4.69) is 15.6 Å². The lowest BCUT2D eigenvalue weighted by Gasteiger charge is -2.21. The number of nitrogens with zero attached hydrogens (tertiary/aromatic N) is 1. The van der Waals surface area contributed by atoms with Gasteiger partial charge >= 0.3 is 6.18 Å². The minimum atomic E-state index is -4.38. The number of alkyl halides is 3. The largest absolute Gasteiger partial charge is 0.416 e. The van der Waals surface area contributed by atoms with Crippen LogP contribution in [0.3, 0.4) is 0 Å². The number of anilines is 2. The average Bonchev–Trinajstić information content (AvgIpc) is 2.91. The highest BCUT2D eigenvalue weighted by Gasteiger charge is 2.32.